The van der Waals surface area contributed by atoms with Gasteiger partial charge in [-0.1, -0.05) is 95.9 Å². The first-order valence-corrected chi connectivity index (χ1v) is 17.8. The Bertz CT molecular complexity index is 2650. The number of hydrogen-bond acceptors (Lipinski definition) is 4. The summed E-state index contributed by atoms with van der Waals surface area (Å²) in [6.45, 7) is 1.62. The van der Waals surface area contributed by atoms with Crippen LogP contribution in [0.4, 0.5) is 8.78 Å². The number of aromatic amines is 1. The molecule has 0 aliphatic carbocycles. The molecule has 3 aromatic heterocycles. The van der Waals surface area contributed by atoms with Crippen LogP contribution in [0.1, 0.15) is 51.2 Å². The smallest absolute Gasteiger partial charge is 0.0683 e. The summed E-state index contributed by atoms with van der Waals surface area (Å²) in [6.07, 6.45) is 6.09. The standard InChI is InChI=1S/2C14H11N2.C7H4FO.C7H5N2.C6H4F.4CH4.5Y/c1-2-6-12(7-3-1)11-16-14-9-5-4-8-13(14)10-15-16;1-2-6-12(7-3-1)10-16-11-13-8-4-5-9-14(13)15-16;8-7-4-2-1-3-6(7)5-9;1-2-4-7-6(3-1)5-8-9-7;7-6-4-2-1-3-5-6;;;;;;;;;/h1-7,9-10H,11H2;1-7,9,11H,10H2;1-2,4-5H;1-2,4-5H,(H,8,9);1-2,4-5H;4*1H4;;;;;/q5*-1;;;;;;;;;. The summed E-state index contributed by atoms with van der Waals surface area (Å²) in [5.74, 6) is -0.755. The molecule has 0 unspecified atom stereocenters. The van der Waals surface area contributed by atoms with Gasteiger partial charge in [-0.3, -0.25) is 8.78 Å². The van der Waals surface area contributed by atoms with Crippen molar-refractivity contribution in [2.45, 2.75) is 42.8 Å². The Kier molecular flexibility index (Phi) is 42.6. The third-order valence-electron chi connectivity index (χ3n) is 8.10. The SMILES string of the molecule is C.C.C.C.Fc1c[c-]ccc1.O=Cc1[c-]cccc1F.[Y].[Y].[Y].[Y].[Y].[c-]1cccc2[nH]ncc12.[c-]1cccc2c1cnn2Cc1ccccc1.[c-]1cccc2nn(Cc3ccccc3)cc12. The van der Waals surface area contributed by atoms with Crippen LogP contribution in [0.3, 0.4) is 0 Å². The molecule has 0 spiro atoms. The first-order valence-electron chi connectivity index (χ1n) is 17.8. The van der Waals surface area contributed by atoms with Crippen molar-refractivity contribution in [3.8, 4) is 0 Å². The van der Waals surface area contributed by atoms with E-state index < -0.39 is 5.82 Å². The topological polar surface area (TPSA) is 81.4 Å². The van der Waals surface area contributed by atoms with Crippen LogP contribution in [-0.4, -0.2) is 36.0 Å². The summed E-state index contributed by atoms with van der Waals surface area (Å²) in [7, 11) is 0. The van der Waals surface area contributed by atoms with Crippen molar-refractivity contribution in [2.24, 2.45) is 0 Å². The minimum absolute atomic E-state index is 0. The minimum atomic E-state index is -0.521. The Hall–Kier alpha value is -2.00. The van der Waals surface area contributed by atoms with E-state index in [1.165, 1.54) is 41.5 Å². The number of carbonyl (C=O) groups excluding carboxylic acids is 1. The van der Waals surface area contributed by atoms with E-state index in [4.69, 9.17) is 0 Å². The molecule has 14 heteroatoms. The fourth-order valence-corrected chi connectivity index (χ4v) is 5.35. The Morgan fingerprint density at radius 3 is 1.68 bits per heavy atom. The Morgan fingerprint density at radius 2 is 1.14 bits per heavy atom. The molecule has 0 amide bonds. The van der Waals surface area contributed by atoms with E-state index in [2.05, 4.69) is 81.1 Å². The predicted octanol–water partition coefficient (Wildman–Crippen LogP) is 12.7. The second-order valence-corrected chi connectivity index (χ2v) is 12.2. The number of carbonyl (C=O) groups is 1. The number of aldehydes is 1. The monoisotopic (exact) mass is 1260 g/mol. The molecule has 0 aliphatic heterocycles. The van der Waals surface area contributed by atoms with E-state index in [0.717, 1.165) is 45.8 Å². The number of nitrogens with zero attached hydrogens (tertiary/aromatic N) is 5. The van der Waals surface area contributed by atoms with Gasteiger partial charge in [0.15, 0.2) is 0 Å². The summed E-state index contributed by atoms with van der Waals surface area (Å²) < 4.78 is 28.2. The molecule has 0 saturated carbocycles. The number of H-pyrrole nitrogens is 1. The maximum Gasteiger partial charge on any atom is 0.0683 e. The summed E-state index contributed by atoms with van der Waals surface area (Å²) in [6, 6.07) is 62.9. The zero-order chi connectivity index (χ0) is 39.5. The molecule has 1 N–H and O–H groups in total. The second kappa shape index (κ2) is 39.8. The third-order valence-corrected chi connectivity index (χ3v) is 8.10. The van der Waals surface area contributed by atoms with Gasteiger partial charge < -0.3 is 19.3 Å². The van der Waals surface area contributed by atoms with Crippen molar-refractivity contribution in [1.82, 2.24) is 29.8 Å². The largest absolute Gasteiger partial charge is 0.355 e. The number of hydrogen-bond donors (Lipinski definition) is 1. The molecule has 5 radical (unpaired) electrons. The van der Waals surface area contributed by atoms with E-state index in [1.54, 1.807) is 18.3 Å². The molecule has 0 saturated heterocycles. The van der Waals surface area contributed by atoms with Crippen LogP contribution in [0.25, 0.3) is 32.7 Å². The number of benzene rings is 7. The van der Waals surface area contributed by atoms with Crippen LogP contribution >= 0.6 is 0 Å². The Morgan fingerprint density at radius 1 is 0.576 bits per heavy atom. The quantitative estimate of drug-likeness (QED) is 0.138. The number of halogens is 2. The van der Waals surface area contributed by atoms with Crippen molar-refractivity contribution in [3.63, 3.8) is 0 Å². The van der Waals surface area contributed by atoms with Gasteiger partial charge in [0.1, 0.15) is 0 Å². The van der Waals surface area contributed by atoms with Gasteiger partial charge in [0, 0.05) is 175 Å². The molecule has 10 aromatic rings. The molecule has 3 heterocycles. The van der Waals surface area contributed by atoms with E-state index in [9.17, 15) is 13.6 Å². The number of nitrogens with one attached hydrogen (secondary N) is 1. The molecular formula is C52H51F2N6OY5-5. The first-order chi connectivity index (χ1) is 28.1. The van der Waals surface area contributed by atoms with Gasteiger partial charge in [-0.2, -0.15) is 18.2 Å². The maximum atomic E-state index is 12.3. The molecule has 0 bridgehead atoms. The zero-order valence-corrected chi connectivity index (χ0v) is 47.7. The van der Waals surface area contributed by atoms with Gasteiger partial charge in [-0.05, 0) is 46.3 Å². The van der Waals surface area contributed by atoms with Gasteiger partial charge in [0.25, 0.3) is 0 Å². The third kappa shape index (κ3) is 23.5. The zero-order valence-electron chi connectivity index (χ0n) is 33.5. The second-order valence-electron chi connectivity index (χ2n) is 12.2. The van der Waals surface area contributed by atoms with Crippen LogP contribution in [-0.2, 0) is 177 Å². The fourth-order valence-electron chi connectivity index (χ4n) is 5.35. The summed E-state index contributed by atoms with van der Waals surface area (Å²) in [4.78, 5) is 9.96. The van der Waals surface area contributed by atoms with Crippen LogP contribution in [0.5, 0.6) is 0 Å². The molecule has 0 fully saturated rings. The maximum absolute atomic E-state index is 12.3. The molecule has 7 nitrogen and oxygen atoms in total. The van der Waals surface area contributed by atoms with Crippen molar-refractivity contribution in [2.75, 3.05) is 0 Å². The van der Waals surface area contributed by atoms with Crippen molar-refractivity contribution in [1.29, 1.82) is 0 Å². The molecule has 7 aromatic carbocycles. The van der Waals surface area contributed by atoms with Crippen LogP contribution in [0, 0.1) is 42.0 Å². The van der Waals surface area contributed by atoms with E-state index in [1.807, 2.05) is 107 Å². The summed E-state index contributed by atoms with van der Waals surface area (Å²) >= 11 is 0. The number of fused-ring (bicyclic) bond motifs is 3. The van der Waals surface area contributed by atoms with Crippen molar-refractivity contribution >= 4 is 39.0 Å². The molecular weight excluding hydrogens is 1210 g/mol. The van der Waals surface area contributed by atoms with Gasteiger partial charge in [0.2, 0.25) is 0 Å². The normalized spacial score (nSPS) is 8.76. The Balaban J connectivity index is -0.000000363. The molecule has 0 aliphatic rings. The van der Waals surface area contributed by atoms with E-state index in [-0.39, 0.29) is 205 Å². The van der Waals surface area contributed by atoms with Crippen LogP contribution < -0.4 is 0 Å². The van der Waals surface area contributed by atoms with Gasteiger partial charge in [-0.25, -0.2) is 15.3 Å². The molecule has 329 valence electrons. The van der Waals surface area contributed by atoms with E-state index in [0.29, 0.717) is 6.29 Å². The van der Waals surface area contributed by atoms with Crippen LogP contribution in [0.2, 0.25) is 0 Å². The molecule has 10 rings (SSSR count). The van der Waals surface area contributed by atoms with Crippen molar-refractivity contribution < 1.29 is 177 Å². The average molecular weight is 1260 g/mol. The summed E-state index contributed by atoms with van der Waals surface area (Å²) in [5, 5.41) is 18.7. The molecule has 0 atom stereocenters. The van der Waals surface area contributed by atoms with Crippen molar-refractivity contribution in [3.05, 3.63) is 235 Å². The number of aromatic nitrogens is 6. The Labute approximate surface area is 515 Å². The fraction of sp³-hybridized carbons (Fsp3) is 0.115. The van der Waals surface area contributed by atoms with Gasteiger partial charge in [-0.15, -0.1) is 125 Å². The average Bonchev–Trinajstić information content (AvgIpc) is 4.02. The first kappa shape index (κ1) is 70.6. The summed E-state index contributed by atoms with van der Waals surface area (Å²) in [5.41, 5.74) is 5.67. The molecule has 66 heavy (non-hydrogen) atoms. The van der Waals surface area contributed by atoms with Crippen LogP contribution in [0.15, 0.2) is 176 Å². The predicted molar refractivity (Wildman–Crippen MR) is 246 cm³/mol. The van der Waals surface area contributed by atoms with Gasteiger partial charge >= 0.3 is 0 Å². The number of rotatable bonds is 5. The minimum Gasteiger partial charge on any atom is -0.355 e. The van der Waals surface area contributed by atoms with Gasteiger partial charge in [0.05, 0.1) is 19.4 Å². The van der Waals surface area contributed by atoms with E-state index >= 15 is 0 Å².